The summed E-state index contributed by atoms with van der Waals surface area (Å²) >= 11 is 0. The summed E-state index contributed by atoms with van der Waals surface area (Å²) in [5.41, 5.74) is 16.2. The number of pyridine rings is 1. The van der Waals surface area contributed by atoms with Crippen molar-refractivity contribution in [3.63, 3.8) is 0 Å². The van der Waals surface area contributed by atoms with Crippen LogP contribution in [-0.2, 0) is 5.41 Å². The molecule has 0 aliphatic heterocycles. The highest BCUT2D eigenvalue weighted by molar-refractivity contribution is 6.06. The molecule has 1 spiro atoms. The molecular formula is C50H31N3. The smallest absolute Gasteiger partial charge is 0.179 e. The van der Waals surface area contributed by atoms with Crippen LogP contribution in [0.3, 0.4) is 0 Å². The van der Waals surface area contributed by atoms with Gasteiger partial charge >= 0.3 is 0 Å². The van der Waals surface area contributed by atoms with Crippen molar-refractivity contribution in [3.8, 4) is 67.5 Å². The second-order valence-electron chi connectivity index (χ2n) is 13.9. The Balaban J connectivity index is 1.18. The Bertz CT molecular complexity index is 2830. The molecule has 0 atom stereocenters. The summed E-state index contributed by atoms with van der Waals surface area (Å²) in [5.74, 6) is 0.609. The van der Waals surface area contributed by atoms with Gasteiger partial charge in [0.2, 0.25) is 0 Å². The summed E-state index contributed by atoms with van der Waals surface area (Å²) in [6.07, 6.45) is 0. The maximum Gasteiger partial charge on any atom is 0.179 e. The fourth-order valence-corrected chi connectivity index (χ4v) is 8.88. The molecule has 53 heavy (non-hydrogen) atoms. The quantitative estimate of drug-likeness (QED) is 0.187. The van der Waals surface area contributed by atoms with Gasteiger partial charge in [-0.05, 0) is 50.4 Å². The van der Waals surface area contributed by atoms with E-state index in [1.54, 1.807) is 0 Å². The van der Waals surface area contributed by atoms with Crippen molar-refractivity contribution in [2.24, 2.45) is 0 Å². The van der Waals surface area contributed by atoms with Gasteiger partial charge in [0.15, 0.2) is 5.82 Å². The van der Waals surface area contributed by atoms with Gasteiger partial charge in [-0.3, -0.25) is 0 Å². The van der Waals surface area contributed by atoms with Crippen molar-refractivity contribution in [1.29, 1.82) is 0 Å². The van der Waals surface area contributed by atoms with E-state index in [0.717, 1.165) is 50.2 Å². The molecule has 0 fully saturated rings. The van der Waals surface area contributed by atoms with Crippen molar-refractivity contribution in [2.45, 2.75) is 5.41 Å². The van der Waals surface area contributed by atoms with Gasteiger partial charge in [0.05, 0.1) is 22.5 Å². The van der Waals surface area contributed by atoms with Gasteiger partial charge in [0.1, 0.15) is 5.69 Å². The van der Waals surface area contributed by atoms with Crippen LogP contribution in [0, 0.1) is 0 Å². The minimum atomic E-state index is -0.497. The number of benzene rings is 7. The van der Waals surface area contributed by atoms with Gasteiger partial charge in [-0.15, -0.1) is 0 Å². The summed E-state index contributed by atoms with van der Waals surface area (Å²) in [5, 5.41) is 2.20. The van der Waals surface area contributed by atoms with Gasteiger partial charge in [-0.2, -0.15) is 0 Å². The second kappa shape index (κ2) is 11.5. The summed E-state index contributed by atoms with van der Waals surface area (Å²) in [4.78, 5) is 16.3. The van der Waals surface area contributed by atoms with Gasteiger partial charge < -0.3 is 0 Å². The molecule has 2 aliphatic rings. The largest absolute Gasteiger partial charge is 0.243 e. The Morgan fingerprint density at radius 1 is 0.321 bits per heavy atom. The normalized spacial score (nSPS) is 13.1. The van der Waals surface area contributed by atoms with Crippen LogP contribution in [0.25, 0.3) is 78.3 Å². The zero-order valence-corrected chi connectivity index (χ0v) is 28.7. The van der Waals surface area contributed by atoms with E-state index < -0.39 is 5.41 Å². The lowest BCUT2D eigenvalue weighted by Crippen LogP contribution is -2.26. The lowest BCUT2D eigenvalue weighted by Gasteiger charge is -2.31. The van der Waals surface area contributed by atoms with Crippen molar-refractivity contribution in [2.75, 3.05) is 0 Å². The highest BCUT2D eigenvalue weighted by atomic mass is 14.9. The van der Waals surface area contributed by atoms with E-state index in [1.807, 2.05) is 12.1 Å². The Morgan fingerprint density at radius 3 is 1.38 bits per heavy atom. The molecule has 2 aliphatic carbocycles. The number of nitrogens with zero attached hydrogens (tertiary/aromatic N) is 3. The van der Waals surface area contributed by atoms with E-state index in [0.29, 0.717) is 5.82 Å². The molecule has 0 bridgehead atoms. The molecule has 3 nitrogen and oxygen atoms in total. The van der Waals surface area contributed by atoms with Crippen LogP contribution in [0.1, 0.15) is 22.3 Å². The third kappa shape index (κ3) is 4.31. The molecule has 11 rings (SSSR count). The first-order chi connectivity index (χ1) is 26.3. The second-order valence-corrected chi connectivity index (χ2v) is 13.9. The maximum absolute atomic E-state index is 5.66. The monoisotopic (exact) mass is 673 g/mol. The number of rotatable bonds is 4. The van der Waals surface area contributed by atoms with Crippen LogP contribution in [0.2, 0.25) is 0 Å². The third-order valence-corrected chi connectivity index (χ3v) is 11.1. The molecule has 246 valence electrons. The zero-order chi connectivity index (χ0) is 34.9. The third-order valence-electron chi connectivity index (χ3n) is 11.1. The van der Waals surface area contributed by atoms with Gasteiger partial charge in [-0.1, -0.05) is 182 Å². The van der Waals surface area contributed by atoms with E-state index in [9.17, 15) is 0 Å². The van der Waals surface area contributed by atoms with Crippen molar-refractivity contribution < 1.29 is 0 Å². The average Bonchev–Trinajstić information content (AvgIpc) is 3.71. The number of fused-ring (bicyclic) bond motifs is 12. The maximum atomic E-state index is 5.66. The van der Waals surface area contributed by atoms with Gasteiger partial charge in [0.25, 0.3) is 0 Å². The summed E-state index contributed by atoms with van der Waals surface area (Å²) in [6.45, 7) is 0. The Morgan fingerprint density at radius 2 is 0.755 bits per heavy atom. The van der Waals surface area contributed by atoms with E-state index in [2.05, 4.69) is 176 Å². The predicted octanol–water partition coefficient (Wildman–Crippen LogP) is 12.0. The SMILES string of the molecule is c1ccc(-c2ccc(-c3cc(-c4ccccc4)nc(-c4nc5c(c6ccccc46)C4(c6ccccc6-c6ccccc64)c4ccccc4-5)n3)cc2)cc1. The van der Waals surface area contributed by atoms with Crippen LogP contribution in [-0.4, -0.2) is 15.0 Å². The minimum absolute atomic E-state index is 0.497. The lowest BCUT2D eigenvalue weighted by atomic mass is 9.69. The molecular weight excluding hydrogens is 643 g/mol. The highest BCUT2D eigenvalue weighted by Gasteiger charge is 2.53. The Labute approximate surface area is 308 Å². The van der Waals surface area contributed by atoms with E-state index in [-0.39, 0.29) is 0 Å². The van der Waals surface area contributed by atoms with E-state index >= 15 is 0 Å². The molecule has 3 heteroatoms. The van der Waals surface area contributed by atoms with E-state index in [1.165, 1.54) is 44.5 Å². The molecule has 0 saturated carbocycles. The predicted molar refractivity (Wildman–Crippen MR) is 215 cm³/mol. The van der Waals surface area contributed by atoms with Crippen LogP contribution in [0.5, 0.6) is 0 Å². The van der Waals surface area contributed by atoms with Gasteiger partial charge in [0, 0.05) is 27.6 Å². The van der Waals surface area contributed by atoms with Gasteiger partial charge in [-0.25, -0.2) is 15.0 Å². The molecule has 0 radical (unpaired) electrons. The fourth-order valence-electron chi connectivity index (χ4n) is 8.88. The molecule has 7 aromatic carbocycles. The van der Waals surface area contributed by atoms with E-state index in [4.69, 9.17) is 15.0 Å². The molecule has 0 unspecified atom stereocenters. The van der Waals surface area contributed by atoms with Crippen molar-refractivity contribution in [1.82, 2.24) is 15.0 Å². The van der Waals surface area contributed by atoms with Crippen molar-refractivity contribution >= 4 is 10.8 Å². The Hall–Kier alpha value is -6.97. The summed E-state index contributed by atoms with van der Waals surface area (Å²) in [6, 6.07) is 67.0. The molecule has 2 heterocycles. The standard InChI is InChI=1S/C50H31N3/c1-3-15-32(16-4-1)33-27-29-35(30-28-33)45-31-44(34-17-5-2-6-18-34)51-49(52-45)48-39-22-8-7-21-38(39)46-47(53-48)40-23-11-14-26-43(40)50(46)41-24-12-9-19-36(41)37-20-10-13-25-42(37)50/h1-31H. The molecule has 0 amide bonds. The van der Waals surface area contributed by atoms with Crippen LogP contribution in [0.4, 0.5) is 0 Å². The van der Waals surface area contributed by atoms with Crippen LogP contribution >= 0.6 is 0 Å². The topological polar surface area (TPSA) is 38.7 Å². The van der Waals surface area contributed by atoms with Crippen LogP contribution in [0.15, 0.2) is 188 Å². The number of hydrogen-bond donors (Lipinski definition) is 0. The summed E-state index contributed by atoms with van der Waals surface area (Å²) in [7, 11) is 0. The Kier molecular flexibility index (Phi) is 6.47. The molecule has 9 aromatic rings. The van der Waals surface area contributed by atoms with Crippen molar-refractivity contribution in [3.05, 3.63) is 210 Å². The molecule has 2 aromatic heterocycles. The summed E-state index contributed by atoms with van der Waals surface area (Å²) < 4.78 is 0. The first-order valence-corrected chi connectivity index (χ1v) is 18.1. The first kappa shape index (κ1) is 29.7. The average molecular weight is 674 g/mol. The number of aromatic nitrogens is 3. The van der Waals surface area contributed by atoms with Crippen LogP contribution < -0.4 is 0 Å². The molecule has 0 N–H and O–H groups in total. The highest BCUT2D eigenvalue weighted by Crippen LogP contribution is 2.63. The zero-order valence-electron chi connectivity index (χ0n) is 28.7. The first-order valence-electron chi connectivity index (χ1n) is 18.1. The number of hydrogen-bond acceptors (Lipinski definition) is 3. The minimum Gasteiger partial charge on any atom is -0.243 e. The fraction of sp³-hybridized carbons (Fsp3) is 0.0200. The molecule has 0 saturated heterocycles. The lowest BCUT2D eigenvalue weighted by molar-refractivity contribution is 0.799.